The molecule has 0 unspecified atom stereocenters. The van der Waals surface area contributed by atoms with Gasteiger partial charge in [-0.15, -0.1) is 0 Å². The number of carbonyl (C=O) groups excluding carboxylic acids is 2. The Morgan fingerprint density at radius 3 is 2.20 bits per heavy atom. The summed E-state index contributed by atoms with van der Waals surface area (Å²) in [7, 11) is 3.20. The lowest BCUT2D eigenvalue weighted by Gasteiger charge is -2.32. The van der Waals surface area contributed by atoms with Crippen molar-refractivity contribution in [2.45, 2.75) is 18.2 Å². The number of benzene rings is 3. The van der Waals surface area contributed by atoms with Crippen molar-refractivity contribution in [3.63, 3.8) is 0 Å². The van der Waals surface area contributed by atoms with Crippen LogP contribution >= 0.6 is 23.4 Å². The van der Waals surface area contributed by atoms with Crippen molar-refractivity contribution in [1.29, 1.82) is 0 Å². The number of halogens is 1. The molecule has 0 spiro atoms. The number of anilines is 1. The molecule has 0 aliphatic carbocycles. The molecule has 1 fully saturated rings. The number of methoxy groups -OCH3 is 2. The van der Waals surface area contributed by atoms with Crippen LogP contribution in [0.3, 0.4) is 0 Å². The molecular formula is C26H24ClN3O4S. The summed E-state index contributed by atoms with van der Waals surface area (Å²) < 4.78 is 10.4. The van der Waals surface area contributed by atoms with Crippen molar-refractivity contribution in [3.05, 3.63) is 83.4 Å². The molecule has 35 heavy (non-hydrogen) atoms. The van der Waals surface area contributed by atoms with Gasteiger partial charge in [-0.05, 0) is 66.2 Å². The van der Waals surface area contributed by atoms with E-state index >= 15 is 0 Å². The first-order valence-corrected chi connectivity index (χ1v) is 12.1. The van der Waals surface area contributed by atoms with Gasteiger partial charge in [0.05, 0.1) is 26.5 Å². The number of ether oxygens (including phenoxy) is 2. The number of hydrogen-bond acceptors (Lipinski definition) is 6. The molecule has 9 heteroatoms. The number of thioether (sulfide) groups is 1. The smallest absolute Gasteiger partial charge is 0.238 e. The summed E-state index contributed by atoms with van der Waals surface area (Å²) in [6, 6.07) is 21.5. The van der Waals surface area contributed by atoms with Crippen LogP contribution in [-0.4, -0.2) is 41.4 Å². The zero-order valence-corrected chi connectivity index (χ0v) is 20.8. The van der Waals surface area contributed by atoms with E-state index in [4.69, 9.17) is 26.1 Å². The molecule has 3 aromatic rings. The zero-order valence-electron chi connectivity index (χ0n) is 19.2. The van der Waals surface area contributed by atoms with Crippen LogP contribution in [0.2, 0.25) is 5.02 Å². The molecule has 0 saturated carbocycles. The molecule has 1 saturated heterocycles. The van der Waals surface area contributed by atoms with Crippen molar-refractivity contribution in [2.75, 3.05) is 19.5 Å². The van der Waals surface area contributed by atoms with Gasteiger partial charge in [0.15, 0.2) is 5.17 Å². The zero-order chi connectivity index (χ0) is 24.8. The van der Waals surface area contributed by atoms with Gasteiger partial charge >= 0.3 is 0 Å². The number of aliphatic imine (C=N–C) groups is 1. The van der Waals surface area contributed by atoms with E-state index in [1.54, 1.807) is 67.7 Å². The second kappa shape index (κ2) is 11.3. The van der Waals surface area contributed by atoms with Crippen LogP contribution in [0.15, 0.2) is 77.8 Å². The molecule has 0 bridgehead atoms. The number of rotatable bonds is 7. The van der Waals surface area contributed by atoms with Crippen molar-refractivity contribution in [2.24, 2.45) is 4.99 Å². The lowest BCUT2D eigenvalue weighted by molar-refractivity contribution is -0.129. The van der Waals surface area contributed by atoms with Crippen LogP contribution in [0, 0.1) is 0 Å². The van der Waals surface area contributed by atoms with Gasteiger partial charge in [0.2, 0.25) is 11.8 Å². The molecule has 1 heterocycles. The van der Waals surface area contributed by atoms with E-state index in [1.807, 2.05) is 24.3 Å². The molecule has 1 aliphatic heterocycles. The quantitative estimate of drug-likeness (QED) is 0.453. The van der Waals surface area contributed by atoms with Crippen LogP contribution in [0.4, 0.5) is 11.4 Å². The molecule has 180 valence electrons. The Hall–Kier alpha value is -3.49. The highest BCUT2D eigenvalue weighted by molar-refractivity contribution is 8.15. The highest BCUT2D eigenvalue weighted by atomic mass is 35.5. The van der Waals surface area contributed by atoms with Gasteiger partial charge in [-0.2, -0.15) is 0 Å². The van der Waals surface area contributed by atoms with E-state index < -0.39 is 5.25 Å². The van der Waals surface area contributed by atoms with Crippen molar-refractivity contribution in [3.8, 4) is 11.5 Å². The molecule has 0 aromatic heterocycles. The average Bonchev–Trinajstić information content (AvgIpc) is 2.88. The summed E-state index contributed by atoms with van der Waals surface area (Å²) in [6.45, 7) is 0.330. The van der Waals surface area contributed by atoms with Crippen LogP contribution in [0.5, 0.6) is 11.5 Å². The minimum Gasteiger partial charge on any atom is -0.497 e. The minimum absolute atomic E-state index is 0.0574. The Labute approximate surface area is 213 Å². The summed E-state index contributed by atoms with van der Waals surface area (Å²) in [5.74, 6) is 0.996. The normalized spacial score (nSPS) is 16.8. The van der Waals surface area contributed by atoms with E-state index in [0.717, 1.165) is 11.3 Å². The number of nitrogens with zero attached hydrogens (tertiary/aromatic N) is 2. The Morgan fingerprint density at radius 2 is 1.60 bits per heavy atom. The maximum absolute atomic E-state index is 13.2. The standard InChI is InChI=1S/C26H24ClN3O4S/c1-33-21-11-3-17(4-12-21)16-30-24(31)15-23(25(32)28-19-7-5-18(27)6-8-19)35-26(30)29-20-9-13-22(34-2)14-10-20/h3-14,23H,15-16H2,1-2H3,(H,28,32)/t23-/m1/s1. The summed E-state index contributed by atoms with van der Waals surface area (Å²) in [5, 5.41) is 3.27. The van der Waals surface area contributed by atoms with E-state index in [9.17, 15) is 9.59 Å². The Morgan fingerprint density at radius 1 is 1.00 bits per heavy atom. The summed E-state index contributed by atoms with van der Waals surface area (Å²) in [5.41, 5.74) is 2.19. The monoisotopic (exact) mass is 509 g/mol. The Bertz CT molecular complexity index is 1210. The Kier molecular flexibility index (Phi) is 7.94. The Balaban J connectivity index is 1.58. The number of carbonyl (C=O) groups is 2. The summed E-state index contributed by atoms with van der Waals surface area (Å²) in [4.78, 5) is 32.5. The lowest BCUT2D eigenvalue weighted by Crippen LogP contribution is -2.44. The second-order valence-electron chi connectivity index (χ2n) is 7.73. The maximum Gasteiger partial charge on any atom is 0.238 e. The van der Waals surface area contributed by atoms with E-state index in [1.165, 1.54) is 11.8 Å². The van der Waals surface area contributed by atoms with Gasteiger partial charge in [0, 0.05) is 17.1 Å². The van der Waals surface area contributed by atoms with E-state index in [0.29, 0.717) is 33.9 Å². The summed E-state index contributed by atoms with van der Waals surface area (Å²) >= 11 is 7.20. The SMILES string of the molecule is COc1ccc(CN2C(=O)C[C@H](C(=O)Nc3ccc(Cl)cc3)SC2=Nc2ccc(OC)cc2)cc1. The third-order valence-corrected chi connectivity index (χ3v) is 6.78. The number of amidine groups is 1. The number of amides is 2. The van der Waals surface area contributed by atoms with Crippen LogP contribution in [0.1, 0.15) is 12.0 Å². The largest absolute Gasteiger partial charge is 0.497 e. The van der Waals surface area contributed by atoms with Crippen molar-refractivity contribution in [1.82, 2.24) is 4.90 Å². The topological polar surface area (TPSA) is 80.2 Å². The molecule has 7 nitrogen and oxygen atoms in total. The van der Waals surface area contributed by atoms with Crippen molar-refractivity contribution < 1.29 is 19.1 Å². The summed E-state index contributed by atoms with van der Waals surface area (Å²) in [6.07, 6.45) is 0.0574. The average molecular weight is 510 g/mol. The van der Waals surface area contributed by atoms with Gasteiger partial charge in [-0.1, -0.05) is 35.5 Å². The maximum atomic E-state index is 13.2. The highest BCUT2D eigenvalue weighted by Gasteiger charge is 2.36. The molecule has 3 aromatic carbocycles. The molecule has 1 N–H and O–H groups in total. The molecular weight excluding hydrogens is 486 g/mol. The predicted octanol–water partition coefficient (Wildman–Crippen LogP) is 5.52. The van der Waals surface area contributed by atoms with Gasteiger partial charge in [0.25, 0.3) is 0 Å². The first-order valence-electron chi connectivity index (χ1n) is 10.8. The molecule has 1 atom stereocenters. The predicted molar refractivity (Wildman–Crippen MR) is 140 cm³/mol. The third kappa shape index (κ3) is 6.35. The van der Waals surface area contributed by atoms with Gasteiger partial charge in [-0.25, -0.2) is 4.99 Å². The molecule has 1 aliphatic rings. The molecule has 4 rings (SSSR count). The van der Waals surface area contributed by atoms with E-state index in [-0.39, 0.29) is 18.2 Å². The highest BCUT2D eigenvalue weighted by Crippen LogP contribution is 2.32. The second-order valence-corrected chi connectivity index (χ2v) is 9.33. The number of nitrogens with one attached hydrogen (secondary N) is 1. The third-order valence-electron chi connectivity index (χ3n) is 5.34. The number of hydrogen-bond donors (Lipinski definition) is 1. The van der Waals surface area contributed by atoms with Crippen LogP contribution in [-0.2, 0) is 16.1 Å². The van der Waals surface area contributed by atoms with Gasteiger partial charge in [0.1, 0.15) is 16.7 Å². The fourth-order valence-corrected chi connectivity index (χ4v) is 4.66. The van der Waals surface area contributed by atoms with Gasteiger partial charge < -0.3 is 14.8 Å². The van der Waals surface area contributed by atoms with Gasteiger partial charge in [-0.3, -0.25) is 14.5 Å². The molecule has 2 amide bonds. The fourth-order valence-electron chi connectivity index (χ4n) is 3.43. The first-order chi connectivity index (χ1) is 16.9. The first kappa shape index (κ1) is 24.6. The lowest BCUT2D eigenvalue weighted by atomic mass is 10.2. The van der Waals surface area contributed by atoms with Crippen molar-refractivity contribution >= 4 is 51.7 Å². The van der Waals surface area contributed by atoms with Crippen LogP contribution < -0.4 is 14.8 Å². The molecule has 0 radical (unpaired) electrons. The fraction of sp³-hybridized carbons (Fsp3) is 0.192. The van der Waals surface area contributed by atoms with Crippen LogP contribution in [0.25, 0.3) is 0 Å². The minimum atomic E-state index is -0.623. The van der Waals surface area contributed by atoms with E-state index in [2.05, 4.69) is 5.32 Å².